The second kappa shape index (κ2) is 11.7. The first-order valence-corrected chi connectivity index (χ1v) is 10.2. The Morgan fingerprint density at radius 3 is 2.69 bits per heavy atom. The van der Waals surface area contributed by atoms with Crippen LogP contribution in [0.2, 0.25) is 0 Å². The Bertz CT molecular complexity index is 426. The van der Waals surface area contributed by atoms with Crippen LogP contribution in [0.4, 0.5) is 0 Å². The van der Waals surface area contributed by atoms with Crippen LogP contribution in [-0.4, -0.2) is 63.0 Å². The first-order chi connectivity index (χ1) is 12.0. The van der Waals surface area contributed by atoms with E-state index >= 15 is 0 Å². The van der Waals surface area contributed by atoms with Crippen molar-refractivity contribution in [2.24, 2.45) is 22.2 Å². The Labute approximate surface area is 177 Å². The highest BCUT2D eigenvalue weighted by atomic mass is 127. The summed E-state index contributed by atoms with van der Waals surface area (Å²) in [6.45, 7) is 17.5. The lowest BCUT2D eigenvalue weighted by molar-refractivity contribution is -0.0824. The SMILES string of the molecule is CCNC(=NCC1CCCOC1C(C)(C)C)N1CCC(COCC)C1.I. The van der Waals surface area contributed by atoms with E-state index in [1.807, 2.05) is 0 Å². The zero-order valence-electron chi connectivity index (χ0n) is 17.4. The first-order valence-electron chi connectivity index (χ1n) is 10.2. The van der Waals surface area contributed by atoms with Crippen LogP contribution >= 0.6 is 24.0 Å². The smallest absolute Gasteiger partial charge is 0.193 e. The zero-order chi connectivity index (χ0) is 18.3. The van der Waals surface area contributed by atoms with E-state index in [2.05, 4.69) is 44.8 Å². The minimum absolute atomic E-state index is 0. The van der Waals surface area contributed by atoms with Gasteiger partial charge >= 0.3 is 0 Å². The molecule has 2 heterocycles. The van der Waals surface area contributed by atoms with Gasteiger partial charge in [0.15, 0.2) is 5.96 Å². The summed E-state index contributed by atoms with van der Waals surface area (Å²) >= 11 is 0. The summed E-state index contributed by atoms with van der Waals surface area (Å²) < 4.78 is 11.7. The van der Waals surface area contributed by atoms with Gasteiger partial charge in [-0.1, -0.05) is 20.8 Å². The van der Waals surface area contributed by atoms with E-state index in [9.17, 15) is 0 Å². The molecule has 26 heavy (non-hydrogen) atoms. The standard InChI is InChI=1S/C20H39N3O2.HI/c1-6-21-19(23-11-10-16(14-23)15-24-7-2)22-13-17-9-8-12-25-18(17)20(3,4)5;/h16-18H,6-15H2,1-5H3,(H,21,22);1H. The van der Waals surface area contributed by atoms with Crippen molar-refractivity contribution < 1.29 is 9.47 Å². The summed E-state index contributed by atoms with van der Waals surface area (Å²) in [7, 11) is 0. The number of rotatable bonds is 6. The third-order valence-corrected chi connectivity index (χ3v) is 5.25. The lowest BCUT2D eigenvalue weighted by Crippen LogP contribution is -2.43. The molecule has 0 aliphatic carbocycles. The lowest BCUT2D eigenvalue weighted by atomic mass is 9.78. The summed E-state index contributed by atoms with van der Waals surface area (Å²) in [5.41, 5.74) is 0.176. The molecule has 3 atom stereocenters. The number of nitrogens with zero attached hydrogens (tertiary/aromatic N) is 2. The molecule has 2 aliphatic rings. The fourth-order valence-electron chi connectivity index (χ4n) is 4.06. The molecule has 0 spiro atoms. The average Bonchev–Trinajstić information content (AvgIpc) is 3.05. The molecule has 2 saturated heterocycles. The maximum Gasteiger partial charge on any atom is 0.193 e. The summed E-state index contributed by atoms with van der Waals surface area (Å²) in [6, 6.07) is 0. The quantitative estimate of drug-likeness (QED) is 0.357. The zero-order valence-corrected chi connectivity index (χ0v) is 19.8. The van der Waals surface area contributed by atoms with Crippen LogP contribution < -0.4 is 5.32 Å². The fourth-order valence-corrected chi connectivity index (χ4v) is 4.06. The molecule has 0 aromatic heterocycles. The molecule has 1 N–H and O–H groups in total. The molecule has 2 aliphatic heterocycles. The van der Waals surface area contributed by atoms with E-state index in [-0.39, 0.29) is 29.4 Å². The first kappa shape index (κ1) is 24.0. The Hall–Kier alpha value is -0.0800. The van der Waals surface area contributed by atoms with Crippen molar-refractivity contribution in [1.82, 2.24) is 10.2 Å². The molecule has 154 valence electrons. The summed E-state index contributed by atoms with van der Waals surface area (Å²) in [5.74, 6) is 2.22. The molecule has 0 saturated carbocycles. The number of guanidine groups is 1. The van der Waals surface area contributed by atoms with E-state index in [1.54, 1.807) is 0 Å². The number of likely N-dealkylation sites (tertiary alicyclic amines) is 1. The fraction of sp³-hybridized carbons (Fsp3) is 0.950. The van der Waals surface area contributed by atoms with Crippen molar-refractivity contribution in [2.45, 2.75) is 60.0 Å². The number of hydrogen-bond donors (Lipinski definition) is 1. The van der Waals surface area contributed by atoms with Gasteiger partial charge < -0.3 is 19.7 Å². The molecule has 0 aromatic rings. The predicted octanol–water partition coefficient (Wildman–Crippen LogP) is 3.77. The van der Waals surface area contributed by atoms with Gasteiger partial charge in [-0.3, -0.25) is 4.99 Å². The predicted molar refractivity (Wildman–Crippen MR) is 119 cm³/mol. The Morgan fingerprint density at radius 2 is 2.04 bits per heavy atom. The van der Waals surface area contributed by atoms with Gasteiger partial charge in [-0.15, -0.1) is 24.0 Å². The second-order valence-corrected chi connectivity index (χ2v) is 8.51. The van der Waals surface area contributed by atoms with Crippen molar-refractivity contribution in [2.75, 3.05) is 46.0 Å². The highest BCUT2D eigenvalue weighted by molar-refractivity contribution is 14.0. The lowest BCUT2D eigenvalue weighted by Gasteiger charge is -2.39. The Morgan fingerprint density at radius 1 is 1.27 bits per heavy atom. The maximum atomic E-state index is 6.11. The van der Waals surface area contributed by atoms with E-state index in [0.29, 0.717) is 17.9 Å². The molecule has 2 rings (SSSR count). The minimum Gasteiger partial charge on any atom is -0.381 e. The molecule has 5 nitrogen and oxygen atoms in total. The van der Waals surface area contributed by atoms with Gasteiger partial charge in [-0.25, -0.2) is 0 Å². The largest absolute Gasteiger partial charge is 0.381 e. The highest BCUT2D eigenvalue weighted by Gasteiger charge is 2.35. The normalized spacial score (nSPS) is 27.3. The molecule has 6 heteroatoms. The van der Waals surface area contributed by atoms with Crippen LogP contribution in [0.1, 0.15) is 53.9 Å². The van der Waals surface area contributed by atoms with Gasteiger partial charge in [0.1, 0.15) is 0 Å². The van der Waals surface area contributed by atoms with Gasteiger partial charge in [0.25, 0.3) is 0 Å². The van der Waals surface area contributed by atoms with Gasteiger partial charge in [0.2, 0.25) is 0 Å². The summed E-state index contributed by atoms with van der Waals surface area (Å²) in [5, 5.41) is 3.49. The van der Waals surface area contributed by atoms with Crippen LogP contribution in [0.3, 0.4) is 0 Å². The van der Waals surface area contributed by atoms with Gasteiger partial charge in [-0.05, 0) is 38.5 Å². The molecular weight excluding hydrogens is 441 g/mol. The van der Waals surface area contributed by atoms with Crippen LogP contribution in [0.25, 0.3) is 0 Å². The van der Waals surface area contributed by atoms with Gasteiger partial charge in [0, 0.05) is 51.2 Å². The average molecular weight is 481 g/mol. The van der Waals surface area contributed by atoms with Gasteiger partial charge in [-0.2, -0.15) is 0 Å². The number of aliphatic imine (C=N–C) groups is 1. The van der Waals surface area contributed by atoms with E-state index in [1.165, 1.54) is 12.8 Å². The second-order valence-electron chi connectivity index (χ2n) is 8.51. The number of halogens is 1. The third kappa shape index (κ3) is 7.15. The third-order valence-electron chi connectivity index (χ3n) is 5.25. The van der Waals surface area contributed by atoms with Crippen LogP contribution in [0.5, 0.6) is 0 Å². The van der Waals surface area contributed by atoms with Crippen molar-refractivity contribution in [3.8, 4) is 0 Å². The monoisotopic (exact) mass is 481 g/mol. The van der Waals surface area contributed by atoms with Crippen LogP contribution in [0.15, 0.2) is 4.99 Å². The van der Waals surface area contributed by atoms with Crippen molar-refractivity contribution >= 4 is 29.9 Å². The Kier molecular flexibility index (Phi) is 10.8. The minimum atomic E-state index is 0. The van der Waals surface area contributed by atoms with E-state index in [0.717, 1.165) is 58.4 Å². The number of nitrogens with one attached hydrogen (secondary N) is 1. The highest BCUT2D eigenvalue weighted by Crippen LogP contribution is 2.34. The topological polar surface area (TPSA) is 46.1 Å². The molecule has 0 aromatic carbocycles. The summed E-state index contributed by atoms with van der Waals surface area (Å²) in [6.07, 6.45) is 3.88. The van der Waals surface area contributed by atoms with E-state index in [4.69, 9.17) is 14.5 Å². The molecule has 0 bridgehead atoms. The molecule has 2 fully saturated rings. The maximum absolute atomic E-state index is 6.11. The number of hydrogen-bond acceptors (Lipinski definition) is 3. The van der Waals surface area contributed by atoms with Crippen molar-refractivity contribution in [3.63, 3.8) is 0 Å². The van der Waals surface area contributed by atoms with Crippen LogP contribution in [-0.2, 0) is 9.47 Å². The molecule has 3 unspecified atom stereocenters. The molecule has 0 radical (unpaired) electrons. The number of ether oxygens (including phenoxy) is 2. The molecular formula is C20H40IN3O2. The van der Waals surface area contributed by atoms with E-state index < -0.39 is 0 Å². The van der Waals surface area contributed by atoms with Crippen molar-refractivity contribution in [3.05, 3.63) is 0 Å². The van der Waals surface area contributed by atoms with Crippen LogP contribution in [0, 0.1) is 17.3 Å². The summed E-state index contributed by atoms with van der Waals surface area (Å²) in [4.78, 5) is 7.41. The molecule has 0 amide bonds. The van der Waals surface area contributed by atoms with Crippen molar-refractivity contribution in [1.29, 1.82) is 0 Å². The van der Waals surface area contributed by atoms with Gasteiger partial charge in [0.05, 0.1) is 12.7 Å². The Balaban J connectivity index is 0.00000338.